The number of rotatable bonds is 6. The predicted molar refractivity (Wildman–Crippen MR) is 180 cm³/mol. The van der Waals surface area contributed by atoms with Crippen LogP contribution in [0.2, 0.25) is 0 Å². The summed E-state index contributed by atoms with van der Waals surface area (Å²) in [4.78, 5) is 37.4. The van der Waals surface area contributed by atoms with Crippen molar-refractivity contribution in [3.05, 3.63) is 60.8 Å². The van der Waals surface area contributed by atoms with Gasteiger partial charge in [-0.1, -0.05) is 68.4 Å². The van der Waals surface area contributed by atoms with Crippen LogP contribution < -0.4 is 5.73 Å². The summed E-state index contributed by atoms with van der Waals surface area (Å²) in [7, 11) is 0. The second-order valence-corrected chi connectivity index (χ2v) is 13.0. The number of unbranched alkanes of at least 4 members (excludes halogenated alkanes) is 1. The van der Waals surface area contributed by atoms with Gasteiger partial charge in [0.1, 0.15) is 30.0 Å². The van der Waals surface area contributed by atoms with Crippen molar-refractivity contribution in [3.63, 3.8) is 0 Å². The number of ether oxygens (including phenoxy) is 4. The first-order chi connectivity index (χ1) is 23.8. The molecular formula is C36H53NO13. The van der Waals surface area contributed by atoms with E-state index < -0.39 is 97.3 Å². The Bertz CT molecular complexity index is 1250. The quantitative estimate of drug-likeness (QED) is 0.151. The van der Waals surface area contributed by atoms with Crippen molar-refractivity contribution < 1.29 is 64.0 Å². The fourth-order valence-corrected chi connectivity index (χ4v) is 5.86. The zero-order valence-electron chi connectivity index (χ0n) is 28.6. The van der Waals surface area contributed by atoms with Gasteiger partial charge in [0.15, 0.2) is 6.29 Å². The highest BCUT2D eigenvalue weighted by Gasteiger charge is 2.43. The van der Waals surface area contributed by atoms with E-state index in [1.54, 1.807) is 43.4 Å². The fraction of sp³-hybridized carbons (Fsp3) is 0.639. The Balaban J connectivity index is 1.81. The van der Waals surface area contributed by atoms with Crippen LogP contribution in [-0.2, 0) is 33.3 Å². The molecule has 0 aromatic carbocycles. The second-order valence-electron chi connectivity index (χ2n) is 13.0. The van der Waals surface area contributed by atoms with Crippen LogP contribution in [0.25, 0.3) is 0 Å². The summed E-state index contributed by atoms with van der Waals surface area (Å²) in [5.74, 6) is -4.50. The molecule has 3 aliphatic heterocycles. The van der Waals surface area contributed by atoms with Crippen LogP contribution in [0.1, 0.15) is 65.2 Å². The molecule has 0 spiro atoms. The number of ketones is 1. The van der Waals surface area contributed by atoms with Gasteiger partial charge in [0.05, 0.1) is 48.8 Å². The number of hydrogen-bond donors (Lipinski definition) is 7. The highest BCUT2D eigenvalue weighted by atomic mass is 16.7. The Kier molecular flexibility index (Phi) is 17.1. The lowest BCUT2D eigenvalue weighted by molar-refractivity contribution is -0.277. The van der Waals surface area contributed by atoms with Gasteiger partial charge in [-0.15, -0.1) is 0 Å². The number of epoxide rings is 1. The molecule has 0 bridgehead atoms. The van der Waals surface area contributed by atoms with Gasteiger partial charge in [-0.2, -0.15) is 0 Å². The standard InChI is InChI=1S/C36H53NO13/c1-3-4-12-24-13-10-8-6-5-7-9-11-14-25(49-36-34(44)32(37)33(43)21(2)47-36)20-27(41)31(35(45)46)26(40)18-22(38)17-23(39)19-29-28(50-29)15-16-30(42)48-24/h5-11,14-16,21,23-29,31-34,36,39-41,43-44H,3-4,12-13,17-20,37H2,1-2H3,(H,45,46)/b6-5+,9-7+,10-8+,14-11+,16-15+/t21-,23+,24?,25?,26+,27?,28?,29?,31+,32+,33-,34+,36+/m1/s1. The summed E-state index contributed by atoms with van der Waals surface area (Å²) >= 11 is 0. The monoisotopic (exact) mass is 707 g/mol. The lowest BCUT2D eigenvalue weighted by atomic mass is 9.88. The molecule has 14 heteroatoms. The molecule has 50 heavy (non-hydrogen) atoms. The summed E-state index contributed by atoms with van der Waals surface area (Å²) in [6.07, 6.45) is 6.51. The fourth-order valence-electron chi connectivity index (χ4n) is 5.86. The number of fused-ring (bicyclic) bond motifs is 1. The average molecular weight is 708 g/mol. The molecular weight excluding hydrogens is 654 g/mol. The third-order valence-electron chi connectivity index (χ3n) is 8.82. The van der Waals surface area contributed by atoms with E-state index in [-0.39, 0.29) is 25.4 Å². The number of aliphatic hydroxyl groups excluding tert-OH is 5. The molecule has 280 valence electrons. The molecule has 5 unspecified atom stereocenters. The maximum atomic E-state index is 12.7. The molecule has 0 amide bonds. The van der Waals surface area contributed by atoms with Gasteiger partial charge in [0, 0.05) is 38.2 Å². The third-order valence-corrected chi connectivity index (χ3v) is 8.82. The minimum Gasteiger partial charge on any atom is -0.481 e. The molecule has 13 atom stereocenters. The van der Waals surface area contributed by atoms with E-state index in [1.807, 2.05) is 12.2 Å². The van der Waals surface area contributed by atoms with Crippen LogP contribution in [0.3, 0.4) is 0 Å². The van der Waals surface area contributed by atoms with Crippen molar-refractivity contribution in [1.82, 2.24) is 0 Å². The number of Topliss-reactive ketones (excluding diaryl/α,β-unsaturated/α-hetero) is 1. The van der Waals surface area contributed by atoms with E-state index >= 15 is 0 Å². The molecule has 2 fully saturated rings. The number of allylic oxidation sites excluding steroid dienone is 6. The summed E-state index contributed by atoms with van der Waals surface area (Å²) in [5, 5.41) is 62.9. The van der Waals surface area contributed by atoms with Gasteiger partial charge in [-0.3, -0.25) is 9.59 Å². The maximum Gasteiger partial charge on any atom is 0.330 e. The zero-order valence-corrected chi connectivity index (χ0v) is 28.6. The van der Waals surface area contributed by atoms with Gasteiger partial charge >= 0.3 is 11.9 Å². The number of esters is 1. The summed E-state index contributed by atoms with van der Waals surface area (Å²) < 4.78 is 22.6. The van der Waals surface area contributed by atoms with E-state index in [9.17, 15) is 45.0 Å². The Morgan fingerprint density at radius 1 is 0.920 bits per heavy atom. The van der Waals surface area contributed by atoms with E-state index in [2.05, 4.69) is 6.92 Å². The first kappa shape index (κ1) is 41.4. The molecule has 0 radical (unpaired) electrons. The van der Waals surface area contributed by atoms with E-state index in [1.165, 1.54) is 12.2 Å². The number of carboxylic acid groups (broad SMARTS) is 1. The smallest absolute Gasteiger partial charge is 0.330 e. The van der Waals surface area contributed by atoms with Gasteiger partial charge in [-0.05, 0) is 19.4 Å². The highest BCUT2D eigenvalue weighted by molar-refractivity contribution is 5.82. The van der Waals surface area contributed by atoms with Gasteiger partial charge in [0.25, 0.3) is 0 Å². The molecule has 14 nitrogen and oxygen atoms in total. The summed E-state index contributed by atoms with van der Waals surface area (Å²) in [6.45, 7) is 3.59. The van der Waals surface area contributed by atoms with Crippen molar-refractivity contribution >= 4 is 17.7 Å². The lowest BCUT2D eigenvalue weighted by Gasteiger charge is -2.41. The number of carbonyl (C=O) groups excluding carboxylic acids is 2. The van der Waals surface area contributed by atoms with Crippen molar-refractivity contribution in [2.75, 3.05) is 0 Å². The number of aliphatic carboxylic acids is 1. The number of aliphatic hydroxyl groups is 5. The molecule has 2 saturated heterocycles. The van der Waals surface area contributed by atoms with E-state index in [0.717, 1.165) is 12.8 Å². The van der Waals surface area contributed by atoms with E-state index in [0.29, 0.717) is 12.8 Å². The lowest BCUT2D eigenvalue weighted by Crippen LogP contribution is -2.61. The number of carboxylic acids is 1. The predicted octanol–water partition coefficient (Wildman–Crippen LogP) is 1.13. The van der Waals surface area contributed by atoms with Gasteiger partial charge in [-0.25, -0.2) is 4.79 Å². The first-order valence-electron chi connectivity index (χ1n) is 17.2. The van der Waals surface area contributed by atoms with Crippen LogP contribution in [0, 0.1) is 5.92 Å². The topological polar surface area (TPSA) is 239 Å². The van der Waals surface area contributed by atoms with Crippen LogP contribution in [-0.4, -0.2) is 122 Å². The van der Waals surface area contributed by atoms with E-state index in [4.69, 9.17) is 24.7 Å². The number of carbonyl (C=O) groups is 3. The number of cyclic esters (lactones) is 1. The number of hydrogen-bond acceptors (Lipinski definition) is 13. The second kappa shape index (κ2) is 20.7. The molecule has 0 aromatic heterocycles. The van der Waals surface area contributed by atoms with Crippen molar-refractivity contribution in [2.45, 2.75) is 139 Å². The Labute approximate surface area is 292 Å². The number of nitrogens with two attached hydrogens (primary N) is 1. The van der Waals surface area contributed by atoms with Crippen LogP contribution in [0.15, 0.2) is 60.8 Å². The largest absolute Gasteiger partial charge is 0.481 e. The molecule has 3 rings (SSSR count). The molecule has 0 saturated carbocycles. The Morgan fingerprint density at radius 3 is 2.32 bits per heavy atom. The van der Waals surface area contributed by atoms with Gasteiger partial charge in [0.2, 0.25) is 0 Å². The SMILES string of the molecule is CCCCC1C/C=C/C=C/C=C/C=C/C(O[C@@H]2O[C@H](C)[C@@H](O)[C@H](N)[C@@H]2O)CC(O)[C@@H](C(=O)O)[C@@H](O)CC(=O)C[C@H](O)CC2OC2/C=C/C(=O)O1. The van der Waals surface area contributed by atoms with Crippen molar-refractivity contribution in [3.8, 4) is 0 Å². The Hall–Kier alpha value is -3.05. The minimum absolute atomic E-state index is 0.0719. The zero-order chi connectivity index (χ0) is 36.8. The minimum atomic E-state index is -1.80. The Morgan fingerprint density at radius 2 is 1.62 bits per heavy atom. The molecule has 3 aliphatic rings. The van der Waals surface area contributed by atoms with Gasteiger partial charge < -0.3 is 55.3 Å². The molecule has 8 N–H and O–H groups in total. The first-order valence-corrected chi connectivity index (χ1v) is 17.2. The summed E-state index contributed by atoms with van der Waals surface area (Å²) in [6, 6.07) is -1.10. The van der Waals surface area contributed by atoms with Crippen molar-refractivity contribution in [2.24, 2.45) is 11.7 Å². The van der Waals surface area contributed by atoms with Crippen molar-refractivity contribution in [1.29, 1.82) is 0 Å². The third kappa shape index (κ3) is 13.6. The highest BCUT2D eigenvalue weighted by Crippen LogP contribution is 2.29. The molecule has 3 heterocycles. The summed E-state index contributed by atoms with van der Waals surface area (Å²) in [5.41, 5.74) is 5.93. The molecule has 0 aromatic rings. The molecule has 0 aliphatic carbocycles. The normalized spacial score (nSPS) is 41.6. The maximum absolute atomic E-state index is 12.7. The van der Waals surface area contributed by atoms with Crippen LogP contribution in [0.4, 0.5) is 0 Å². The van der Waals surface area contributed by atoms with Crippen LogP contribution >= 0.6 is 0 Å². The van der Waals surface area contributed by atoms with Crippen LogP contribution in [0.5, 0.6) is 0 Å². The average Bonchev–Trinajstić information content (AvgIpc) is 3.79.